The smallest absolute Gasteiger partial charge is 0.0465 e. The third kappa shape index (κ3) is 5.81. The van der Waals surface area contributed by atoms with Gasteiger partial charge in [-0.15, -0.1) is 0 Å². The molecule has 0 atom stereocenters. The van der Waals surface area contributed by atoms with E-state index in [2.05, 4.69) is 236 Å². The molecule has 328 valence electrons. The minimum Gasteiger partial charge on any atom is -0.310 e. The van der Waals surface area contributed by atoms with E-state index in [-0.39, 0.29) is 10.8 Å². The maximum atomic E-state index is 2.54. The zero-order valence-electron chi connectivity index (χ0n) is 40.4. The molecule has 13 rings (SSSR count). The number of benzene rings is 10. The van der Waals surface area contributed by atoms with Crippen LogP contribution >= 0.6 is 0 Å². The summed E-state index contributed by atoms with van der Waals surface area (Å²) in [6.07, 6.45) is 0.893. The molecule has 0 saturated heterocycles. The quantitative estimate of drug-likeness (QED) is 0.167. The lowest BCUT2D eigenvalue weighted by Crippen LogP contribution is -2.18. The molecule has 3 aliphatic carbocycles. The van der Waals surface area contributed by atoms with Gasteiger partial charge in [-0.05, 0) is 204 Å². The minimum atomic E-state index is -0.238. The van der Waals surface area contributed by atoms with Gasteiger partial charge in [-0.3, -0.25) is 0 Å². The van der Waals surface area contributed by atoms with Gasteiger partial charge in [-0.2, -0.15) is 0 Å². The molecule has 0 amide bonds. The highest BCUT2D eigenvalue weighted by Crippen LogP contribution is 2.56. The van der Waals surface area contributed by atoms with Crippen molar-refractivity contribution < 1.29 is 0 Å². The van der Waals surface area contributed by atoms with Gasteiger partial charge in [0.2, 0.25) is 0 Å². The maximum absolute atomic E-state index is 2.54. The number of aryl methyl sites for hydroxylation is 4. The summed E-state index contributed by atoms with van der Waals surface area (Å²) in [7, 11) is 0. The molecule has 0 radical (unpaired) electrons. The Balaban J connectivity index is 0.991. The predicted molar refractivity (Wildman–Crippen MR) is 289 cm³/mol. The zero-order valence-corrected chi connectivity index (χ0v) is 40.4. The standard InChI is InChI=1S/C67H55N/c1-39-21-23-41(3)56(31-39)58-35-44-33-43-34-45(25-28-48(43)64(44)53-18-11-9-15-49(53)58)68(46-26-29-52-51-17-13-14-20-60(51)66(5,6)61(52)36-46)47-27-30-55-62(37-47)67(7,8)63-38-59(57-32-40(2)22-24-42(57)4)50-16-10-12-19-54(50)65(55)63/h9-32,34-38H,33H2,1-8H3. The average molecular weight is 874 g/mol. The first-order chi connectivity index (χ1) is 32.9. The summed E-state index contributed by atoms with van der Waals surface area (Å²) in [4.78, 5) is 2.54. The molecule has 0 fully saturated rings. The Hall–Kier alpha value is -7.48. The van der Waals surface area contributed by atoms with Gasteiger partial charge in [0.05, 0.1) is 0 Å². The number of fused-ring (bicyclic) bond motifs is 13. The lowest BCUT2D eigenvalue weighted by Gasteiger charge is -2.30. The Kier molecular flexibility index (Phi) is 8.70. The van der Waals surface area contributed by atoms with Gasteiger partial charge in [0.25, 0.3) is 0 Å². The van der Waals surface area contributed by atoms with Crippen LogP contribution in [0.15, 0.2) is 176 Å². The van der Waals surface area contributed by atoms with Crippen molar-refractivity contribution in [2.24, 2.45) is 0 Å². The molecule has 68 heavy (non-hydrogen) atoms. The lowest BCUT2D eigenvalue weighted by molar-refractivity contribution is 0.660. The molecule has 10 aromatic rings. The second-order valence-corrected chi connectivity index (χ2v) is 21.1. The summed E-state index contributed by atoms with van der Waals surface area (Å²) in [6, 6.07) is 67.7. The van der Waals surface area contributed by atoms with E-state index in [1.807, 2.05) is 0 Å². The third-order valence-electron chi connectivity index (χ3n) is 16.2. The number of anilines is 3. The van der Waals surface area contributed by atoms with Gasteiger partial charge in [0, 0.05) is 27.9 Å². The van der Waals surface area contributed by atoms with E-state index in [1.54, 1.807) is 0 Å². The second kappa shape index (κ2) is 14.5. The maximum Gasteiger partial charge on any atom is 0.0465 e. The predicted octanol–water partition coefficient (Wildman–Crippen LogP) is 18.2. The van der Waals surface area contributed by atoms with Gasteiger partial charge < -0.3 is 4.90 Å². The van der Waals surface area contributed by atoms with Crippen LogP contribution in [0, 0.1) is 27.7 Å². The number of hydrogen-bond acceptors (Lipinski definition) is 1. The van der Waals surface area contributed by atoms with Gasteiger partial charge in [0.15, 0.2) is 0 Å². The van der Waals surface area contributed by atoms with Gasteiger partial charge >= 0.3 is 0 Å². The van der Waals surface area contributed by atoms with E-state index in [9.17, 15) is 0 Å². The van der Waals surface area contributed by atoms with Crippen LogP contribution in [0.25, 0.3) is 77.2 Å². The van der Waals surface area contributed by atoms with Gasteiger partial charge in [-0.25, -0.2) is 0 Å². The van der Waals surface area contributed by atoms with Crippen LogP contribution in [0.2, 0.25) is 0 Å². The largest absolute Gasteiger partial charge is 0.310 e. The fourth-order valence-corrected chi connectivity index (χ4v) is 12.7. The molecule has 0 aliphatic heterocycles. The summed E-state index contributed by atoms with van der Waals surface area (Å²) in [5, 5.41) is 5.28. The highest BCUT2D eigenvalue weighted by Gasteiger charge is 2.39. The van der Waals surface area contributed by atoms with Crippen LogP contribution in [0.3, 0.4) is 0 Å². The fraction of sp³-hybridized carbons (Fsp3) is 0.164. The number of nitrogens with zero attached hydrogens (tertiary/aromatic N) is 1. The van der Waals surface area contributed by atoms with Crippen molar-refractivity contribution in [3.05, 3.63) is 232 Å². The molecular weight excluding hydrogens is 819 g/mol. The van der Waals surface area contributed by atoms with Crippen molar-refractivity contribution in [2.75, 3.05) is 4.90 Å². The Bertz CT molecular complexity index is 3820. The summed E-state index contributed by atoms with van der Waals surface area (Å²) in [6.45, 7) is 18.6. The molecule has 0 bridgehead atoms. The number of rotatable bonds is 5. The highest BCUT2D eigenvalue weighted by molar-refractivity contribution is 6.11. The van der Waals surface area contributed by atoms with Crippen molar-refractivity contribution in [2.45, 2.75) is 72.6 Å². The van der Waals surface area contributed by atoms with Gasteiger partial charge in [0.1, 0.15) is 0 Å². The molecular formula is C67H55N. The summed E-state index contributed by atoms with van der Waals surface area (Å²) in [5.74, 6) is 0. The average Bonchev–Trinajstić information content (AvgIpc) is 3.91. The molecule has 0 heterocycles. The van der Waals surface area contributed by atoms with Crippen LogP contribution in [-0.2, 0) is 17.3 Å². The lowest BCUT2D eigenvalue weighted by atomic mass is 9.80. The topological polar surface area (TPSA) is 3.24 Å². The Labute approximate surface area is 401 Å². The van der Waals surface area contributed by atoms with Crippen LogP contribution in [0.1, 0.15) is 83.3 Å². The Morgan fingerprint density at radius 3 is 1.46 bits per heavy atom. The van der Waals surface area contributed by atoms with E-state index >= 15 is 0 Å². The first-order valence-electron chi connectivity index (χ1n) is 24.5. The van der Waals surface area contributed by atoms with E-state index in [0.29, 0.717) is 0 Å². The Morgan fingerprint density at radius 1 is 0.324 bits per heavy atom. The van der Waals surface area contributed by atoms with Crippen LogP contribution in [0.5, 0.6) is 0 Å². The summed E-state index contributed by atoms with van der Waals surface area (Å²) < 4.78 is 0. The molecule has 1 nitrogen and oxygen atoms in total. The molecule has 0 unspecified atom stereocenters. The summed E-state index contributed by atoms with van der Waals surface area (Å²) >= 11 is 0. The number of hydrogen-bond donors (Lipinski definition) is 0. The molecule has 10 aromatic carbocycles. The molecule has 1 heteroatoms. The molecule has 0 spiro atoms. The van der Waals surface area contributed by atoms with Crippen molar-refractivity contribution in [3.63, 3.8) is 0 Å². The first-order valence-corrected chi connectivity index (χ1v) is 24.5. The zero-order chi connectivity index (χ0) is 46.4. The van der Waals surface area contributed by atoms with Crippen LogP contribution in [0.4, 0.5) is 17.1 Å². The minimum absolute atomic E-state index is 0.127. The normalized spacial score (nSPS) is 14.4. The first kappa shape index (κ1) is 40.8. The SMILES string of the molecule is Cc1ccc(C)c(-c2cc3c(c4ccccc24)-c2ccc(N(c4ccc5c(c4)C(C)(C)c4ccccc4-5)c4ccc5c(c4)C(C)(C)c4cc(-c6cc(C)ccc6C)c6ccccc6c4-5)cc2C3)c1. The van der Waals surface area contributed by atoms with E-state index in [0.717, 1.165) is 6.42 Å². The third-order valence-corrected chi connectivity index (χ3v) is 16.2. The van der Waals surface area contributed by atoms with Crippen LogP contribution in [-0.4, -0.2) is 0 Å². The van der Waals surface area contributed by atoms with E-state index < -0.39 is 0 Å². The highest BCUT2D eigenvalue weighted by atomic mass is 15.1. The second-order valence-electron chi connectivity index (χ2n) is 21.1. The Morgan fingerprint density at radius 2 is 0.809 bits per heavy atom. The van der Waals surface area contributed by atoms with Crippen molar-refractivity contribution in [1.82, 2.24) is 0 Å². The van der Waals surface area contributed by atoms with E-state index in [1.165, 1.54) is 150 Å². The monoisotopic (exact) mass is 873 g/mol. The van der Waals surface area contributed by atoms with Crippen molar-refractivity contribution >= 4 is 38.6 Å². The molecule has 0 aromatic heterocycles. The van der Waals surface area contributed by atoms with E-state index in [4.69, 9.17) is 0 Å². The van der Waals surface area contributed by atoms with Gasteiger partial charge in [-0.1, -0.05) is 166 Å². The fourth-order valence-electron chi connectivity index (χ4n) is 12.7. The molecule has 3 aliphatic rings. The molecule has 0 saturated carbocycles. The molecule has 0 N–H and O–H groups in total. The summed E-state index contributed by atoms with van der Waals surface area (Å²) in [5.41, 5.74) is 30.1. The van der Waals surface area contributed by atoms with Crippen molar-refractivity contribution in [1.29, 1.82) is 0 Å². The van der Waals surface area contributed by atoms with Crippen molar-refractivity contribution in [3.8, 4) is 55.6 Å². The van der Waals surface area contributed by atoms with Crippen LogP contribution < -0.4 is 4.90 Å².